The fourth-order valence-electron chi connectivity index (χ4n) is 2.27. The first-order valence-corrected chi connectivity index (χ1v) is 7.03. The number of nitrogens with one attached hydrogen (secondary N) is 1. The van der Waals surface area contributed by atoms with Gasteiger partial charge in [-0.05, 0) is 29.3 Å². The van der Waals surface area contributed by atoms with E-state index in [1.165, 1.54) is 20.9 Å². The van der Waals surface area contributed by atoms with Gasteiger partial charge < -0.3 is 5.32 Å². The summed E-state index contributed by atoms with van der Waals surface area (Å²) in [7, 11) is 0. The first-order valence-electron chi connectivity index (χ1n) is 5.83. The predicted octanol–water partition coefficient (Wildman–Crippen LogP) is 4.28. The van der Waals surface area contributed by atoms with Crippen LogP contribution in [-0.2, 0) is 6.54 Å². The van der Waals surface area contributed by atoms with Gasteiger partial charge in [-0.3, -0.25) is 0 Å². The van der Waals surface area contributed by atoms with Crippen LogP contribution < -0.4 is 5.32 Å². The van der Waals surface area contributed by atoms with Gasteiger partial charge in [-0.1, -0.05) is 30.7 Å². The summed E-state index contributed by atoms with van der Waals surface area (Å²) in [5.74, 6) is 0.629. The minimum atomic E-state index is 0.629. The lowest BCUT2D eigenvalue weighted by Crippen LogP contribution is -2.24. The standard InChI is InChI=1S/C14H14ClNS/c1-9-7-16-8-11-6-13(17-14(9)11)10-2-4-12(15)5-3-10/h2-6,9,16H,7-8H2,1H3. The summed E-state index contributed by atoms with van der Waals surface area (Å²) in [5.41, 5.74) is 2.72. The molecule has 1 aliphatic rings. The second kappa shape index (κ2) is 4.45. The van der Waals surface area contributed by atoms with Crippen LogP contribution in [0.15, 0.2) is 30.3 Å². The monoisotopic (exact) mass is 263 g/mol. The molecular weight excluding hydrogens is 250 g/mol. The van der Waals surface area contributed by atoms with Gasteiger partial charge in [0, 0.05) is 33.8 Å². The SMILES string of the molecule is CC1CNCc2cc(-c3ccc(Cl)cc3)sc21. The lowest BCUT2D eigenvalue weighted by molar-refractivity contribution is 0.581. The zero-order chi connectivity index (χ0) is 11.8. The van der Waals surface area contributed by atoms with Crippen molar-refractivity contribution < 1.29 is 0 Å². The van der Waals surface area contributed by atoms with E-state index in [4.69, 9.17) is 11.6 Å². The summed E-state index contributed by atoms with van der Waals surface area (Å²) in [5, 5.41) is 4.25. The molecule has 0 spiro atoms. The van der Waals surface area contributed by atoms with E-state index >= 15 is 0 Å². The lowest BCUT2D eigenvalue weighted by atomic mass is 10.0. The summed E-state index contributed by atoms with van der Waals surface area (Å²) in [6.07, 6.45) is 0. The van der Waals surface area contributed by atoms with Crippen molar-refractivity contribution >= 4 is 22.9 Å². The average Bonchev–Trinajstić information content (AvgIpc) is 2.75. The quantitative estimate of drug-likeness (QED) is 0.810. The number of fused-ring (bicyclic) bond motifs is 1. The van der Waals surface area contributed by atoms with Crippen molar-refractivity contribution in [1.29, 1.82) is 0 Å². The van der Waals surface area contributed by atoms with E-state index in [0.717, 1.165) is 18.1 Å². The van der Waals surface area contributed by atoms with Crippen LogP contribution in [-0.4, -0.2) is 6.54 Å². The Morgan fingerprint density at radius 3 is 2.76 bits per heavy atom. The first kappa shape index (κ1) is 11.3. The maximum atomic E-state index is 5.92. The summed E-state index contributed by atoms with van der Waals surface area (Å²) in [6, 6.07) is 10.4. The average molecular weight is 264 g/mol. The van der Waals surface area contributed by atoms with Crippen molar-refractivity contribution in [3.8, 4) is 10.4 Å². The van der Waals surface area contributed by atoms with E-state index in [-0.39, 0.29) is 0 Å². The van der Waals surface area contributed by atoms with Crippen molar-refractivity contribution in [3.05, 3.63) is 45.8 Å². The van der Waals surface area contributed by atoms with Crippen LogP contribution in [0.2, 0.25) is 5.02 Å². The Balaban J connectivity index is 2.02. The van der Waals surface area contributed by atoms with Gasteiger partial charge >= 0.3 is 0 Å². The maximum absolute atomic E-state index is 5.92. The molecule has 0 saturated carbocycles. The van der Waals surface area contributed by atoms with Crippen LogP contribution in [0.3, 0.4) is 0 Å². The molecule has 1 aliphatic heterocycles. The molecule has 1 aromatic heterocycles. The smallest absolute Gasteiger partial charge is 0.0406 e. The molecule has 2 aromatic rings. The van der Waals surface area contributed by atoms with Gasteiger partial charge in [0.1, 0.15) is 0 Å². The number of halogens is 1. The second-order valence-corrected chi connectivity index (χ2v) is 6.06. The Bertz CT molecular complexity index is 530. The van der Waals surface area contributed by atoms with Crippen molar-refractivity contribution in [1.82, 2.24) is 5.32 Å². The molecule has 1 nitrogen and oxygen atoms in total. The third-order valence-electron chi connectivity index (χ3n) is 3.18. The summed E-state index contributed by atoms with van der Waals surface area (Å²) in [4.78, 5) is 2.89. The third kappa shape index (κ3) is 2.13. The van der Waals surface area contributed by atoms with E-state index in [1.807, 2.05) is 23.5 Å². The maximum Gasteiger partial charge on any atom is 0.0406 e. The Kier molecular flexibility index (Phi) is 2.95. The van der Waals surface area contributed by atoms with Crippen LogP contribution in [0.1, 0.15) is 23.3 Å². The Hall–Kier alpha value is -0.830. The summed E-state index contributed by atoms with van der Waals surface area (Å²) < 4.78 is 0. The highest BCUT2D eigenvalue weighted by molar-refractivity contribution is 7.15. The summed E-state index contributed by atoms with van der Waals surface area (Å²) >= 11 is 7.84. The topological polar surface area (TPSA) is 12.0 Å². The molecule has 3 heteroatoms. The molecule has 0 saturated heterocycles. The Labute approximate surface area is 110 Å². The molecule has 1 N–H and O–H groups in total. The van der Waals surface area contributed by atoms with Crippen molar-refractivity contribution in [2.75, 3.05) is 6.54 Å². The van der Waals surface area contributed by atoms with Crippen LogP contribution in [0.5, 0.6) is 0 Å². The molecule has 1 aromatic carbocycles. The molecule has 2 heterocycles. The highest BCUT2D eigenvalue weighted by Crippen LogP contribution is 2.37. The molecular formula is C14H14ClNS. The molecule has 0 fully saturated rings. The molecule has 1 unspecified atom stereocenters. The first-order chi connectivity index (χ1) is 8.24. The number of hydrogen-bond acceptors (Lipinski definition) is 2. The second-order valence-electron chi connectivity index (χ2n) is 4.54. The Morgan fingerprint density at radius 2 is 2.06 bits per heavy atom. The summed E-state index contributed by atoms with van der Waals surface area (Å²) in [6.45, 7) is 4.38. The molecule has 3 rings (SSSR count). The third-order valence-corrected chi connectivity index (χ3v) is 4.89. The largest absolute Gasteiger partial charge is 0.312 e. The molecule has 0 amide bonds. The lowest BCUT2D eigenvalue weighted by Gasteiger charge is -2.18. The zero-order valence-electron chi connectivity index (χ0n) is 9.66. The van der Waals surface area contributed by atoms with Gasteiger partial charge in [0.05, 0.1) is 0 Å². The number of hydrogen-bond donors (Lipinski definition) is 1. The Morgan fingerprint density at radius 1 is 1.29 bits per heavy atom. The van der Waals surface area contributed by atoms with Crippen molar-refractivity contribution in [2.45, 2.75) is 19.4 Å². The van der Waals surface area contributed by atoms with Crippen LogP contribution in [0.25, 0.3) is 10.4 Å². The molecule has 0 bridgehead atoms. The van der Waals surface area contributed by atoms with Gasteiger partial charge in [0.25, 0.3) is 0 Å². The van der Waals surface area contributed by atoms with Gasteiger partial charge in [0.2, 0.25) is 0 Å². The van der Waals surface area contributed by atoms with E-state index in [1.54, 1.807) is 0 Å². The normalized spacial score (nSPS) is 19.1. The molecule has 1 atom stereocenters. The minimum Gasteiger partial charge on any atom is -0.312 e. The highest BCUT2D eigenvalue weighted by Gasteiger charge is 2.19. The van der Waals surface area contributed by atoms with E-state index < -0.39 is 0 Å². The van der Waals surface area contributed by atoms with Gasteiger partial charge in [-0.15, -0.1) is 11.3 Å². The molecule has 0 radical (unpaired) electrons. The predicted molar refractivity (Wildman–Crippen MR) is 74.9 cm³/mol. The number of rotatable bonds is 1. The van der Waals surface area contributed by atoms with Gasteiger partial charge in [-0.25, -0.2) is 0 Å². The molecule has 0 aliphatic carbocycles. The van der Waals surface area contributed by atoms with Crippen LogP contribution >= 0.6 is 22.9 Å². The fraction of sp³-hybridized carbons (Fsp3) is 0.286. The van der Waals surface area contributed by atoms with Gasteiger partial charge in [-0.2, -0.15) is 0 Å². The highest BCUT2D eigenvalue weighted by atomic mass is 35.5. The van der Waals surface area contributed by atoms with E-state index in [9.17, 15) is 0 Å². The zero-order valence-corrected chi connectivity index (χ0v) is 11.2. The van der Waals surface area contributed by atoms with Crippen molar-refractivity contribution in [3.63, 3.8) is 0 Å². The molecule has 88 valence electrons. The fourth-order valence-corrected chi connectivity index (χ4v) is 3.64. The van der Waals surface area contributed by atoms with Crippen molar-refractivity contribution in [2.24, 2.45) is 0 Å². The van der Waals surface area contributed by atoms with Gasteiger partial charge in [0.15, 0.2) is 0 Å². The van der Waals surface area contributed by atoms with E-state index in [2.05, 4.69) is 30.4 Å². The number of thiophene rings is 1. The van der Waals surface area contributed by atoms with Crippen LogP contribution in [0.4, 0.5) is 0 Å². The molecule has 17 heavy (non-hydrogen) atoms. The van der Waals surface area contributed by atoms with Crippen LogP contribution in [0, 0.1) is 0 Å². The minimum absolute atomic E-state index is 0.629. The van der Waals surface area contributed by atoms with E-state index in [0.29, 0.717) is 5.92 Å². The number of benzene rings is 1.